The van der Waals surface area contributed by atoms with Crippen LogP contribution in [0.1, 0.15) is 43.0 Å². The van der Waals surface area contributed by atoms with Gasteiger partial charge in [-0.1, -0.05) is 6.42 Å². The fourth-order valence-electron chi connectivity index (χ4n) is 2.68. The third kappa shape index (κ3) is 3.66. The van der Waals surface area contributed by atoms with E-state index in [1.54, 1.807) is 6.92 Å². The Bertz CT molecular complexity index is 461. The van der Waals surface area contributed by atoms with Crippen molar-refractivity contribution in [3.63, 3.8) is 0 Å². The van der Waals surface area contributed by atoms with E-state index in [9.17, 15) is 4.79 Å². The fraction of sp³-hybridized carbons (Fsp3) is 0.533. The summed E-state index contributed by atoms with van der Waals surface area (Å²) in [6.07, 6.45) is 7.18. The SMILES string of the molecule is CSC1CCCC(Nc2ccc(N)c(C(C)=O)c2)C1. The molecule has 1 aliphatic carbocycles. The standard InChI is InChI=1S/C15H22N2OS/c1-10(18)14-9-12(6-7-15(14)16)17-11-4-3-5-13(8-11)19-2/h6-7,9,11,13,17H,3-5,8,16H2,1-2H3. The second-order valence-corrected chi connectivity index (χ2v) is 6.36. The van der Waals surface area contributed by atoms with Crippen LogP contribution < -0.4 is 11.1 Å². The van der Waals surface area contributed by atoms with Crippen molar-refractivity contribution in [2.24, 2.45) is 0 Å². The molecule has 0 aromatic heterocycles. The highest BCUT2D eigenvalue weighted by Crippen LogP contribution is 2.29. The number of hydrogen-bond acceptors (Lipinski definition) is 4. The summed E-state index contributed by atoms with van der Waals surface area (Å²) in [7, 11) is 0. The smallest absolute Gasteiger partial charge is 0.161 e. The highest BCUT2D eigenvalue weighted by Gasteiger charge is 2.21. The molecular weight excluding hydrogens is 256 g/mol. The Morgan fingerprint density at radius 3 is 2.89 bits per heavy atom. The van der Waals surface area contributed by atoms with Crippen molar-refractivity contribution in [3.8, 4) is 0 Å². The number of benzene rings is 1. The van der Waals surface area contributed by atoms with Gasteiger partial charge in [0.2, 0.25) is 0 Å². The van der Waals surface area contributed by atoms with Gasteiger partial charge in [0, 0.05) is 28.2 Å². The molecule has 3 nitrogen and oxygen atoms in total. The van der Waals surface area contributed by atoms with E-state index in [0.717, 1.165) is 10.9 Å². The average molecular weight is 278 g/mol. The predicted octanol–water partition coefficient (Wildman–Crippen LogP) is 3.56. The minimum absolute atomic E-state index is 0.0202. The fourth-order valence-corrected chi connectivity index (χ4v) is 3.50. The van der Waals surface area contributed by atoms with E-state index in [4.69, 9.17) is 5.73 Å². The van der Waals surface area contributed by atoms with Gasteiger partial charge >= 0.3 is 0 Å². The zero-order valence-electron chi connectivity index (χ0n) is 11.6. The Hall–Kier alpha value is -1.16. The topological polar surface area (TPSA) is 55.1 Å². The lowest BCUT2D eigenvalue weighted by Gasteiger charge is -2.29. The van der Waals surface area contributed by atoms with E-state index >= 15 is 0 Å². The lowest BCUT2D eigenvalue weighted by Crippen LogP contribution is -2.28. The Kier molecular flexibility index (Phi) is 4.75. The monoisotopic (exact) mass is 278 g/mol. The van der Waals surface area contributed by atoms with E-state index in [1.165, 1.54) is 25.7 Å². The summed E-state index contributed by atoms with van der Waals surface area (Å²) >= 11 is 1.96. The van der Waals surface area contributed by atoms with Gasteiger partial charge in [0.15, 0.2) is 5.78 Å². The number of carbonyl (C=O) groups is 1. The molecule has 0 saturated heterocycles. The summed E-state index contributed by atoms with van der Waals surface area (Å²) in [5, 5.41) is 4.30. The largest absolute Gasteiger partial charge is 0.398 e. The number of Topliss-reactive ketones (excluding diaryl/α,β-unsaturated/α-hetero) is 1. The number of rotatable bonds is 4. The normalized spacial score (nSPS) is 23.1. The molecule has 0 amide bonds. The van der Waals surface area contributed by atoms with Crippen molar-refractivity contribution >= 4 is 28.9 Å². The maximum Gasteiger partial charge on any atom is 0.161 e. The molecule has 0 heterocycles. The zero-order valence-corrected chi connectivity index (χ0v) is 12.4. The van der Waals surface area contributed by atoms with Crippen molar-refractivity contribution in [2.45, 2.75) is 43.9 Å². The zero-order chi connectivity index (χ0) is 13.8. The summed E-state index contributed by atoms with van der Waals surface area (Å²) in [5.41, 5.74) is 7.99. The molecule has 1 fully saturated rings. The Labute approximate surface area is 119 Å². The van der Waals surface area contributed by atoms with Crippen molar-refractivity contribution in [3.05, 3.63) is 23.8 Å². The first-order chi connectivity index (χ1) is 9.10. The van der Waals surface area contributed by atoms with Gasteiger partial charge < -0.3 is 11.1 Å². The molecule has 104 valence electrons. The van der Waals surface area contributed by atoms with Crippen LogP contribution in [-0.4, -0.2) is 23.3 Å². The van der Waals surface area contributed by atoms with Crippen LogP contribution >= 0.6 is 11.8 Å². The second-order valence-electron chi connectivity index (χ2n) is 5.22. The molecular formula is C15H22N2OS. The molecule has 0 bridgehead atoms. The molecule has 1 aromatic rings. The summed E-state index contributed by atoms with van der Waals surface area (Å²) in [6.45, 7) is 1.56. The molecule has 3 N–H and O–H groups in total. The van der Waals surface area contributed by atoms with Crippen LogP contribution in [0.4, 0.5) is 11.4 Å². The summed E-state index contributed by atoms with van der Waals surface area (Å²) < 4.78 is 0. The van der Waals surface area contributed by atoms with Crippen molar-refractivity contribution < 1.29 is 4.79 Å². The number of thioether (sulfide) groups is 1. The Morgan fingerprint density at radius 1 is 1.42 bits per heavy atom. The molecule has 2 rings (SSSR count). The molecule has 1 saturated carbocycles. The van der Waals surface area contributed by atoms with Gasteiger partial charge in [-0.05, 0) is 50.6 Å². The molecule has 19 heavy (non-hydrogen) atoms. The first-order valence-corrected chi connectivity index (χ1v) is 8.08. The molecule has 2 atom stereocenters. The second kappa shape index (κ2) is 6.33. The number of carbonyl (C=O) groups excluding carboxylic acids is 1. The highest BCUT2D eigenvalue weighted by molar-refractivity contribution is 7.99. The van der Waals surface area contributed by atoms with Gasteiger partial charge in [0.1, 0.15) is 0 Å². The number of anilines is 2. The van der Waals surface area contributed by atoms with Gasteiger partial charge in [-0.2, -0.15) is 11.8 Å². The molecule has 4 heteroatoms. The van der Waals surface area contributed by atoms with Crippen LogP contribution in [0.5, 0.6) is 0 Å². The first-order valence-electron chi connectivity index (χ1n) is 6.80. The lowest BCUT2D eigenvalue weighted by atomic mass is 9.94. The quantitative estimate of drug-likeness (QED) is 0.653. The number of ketones is 1. The van der Waals surface area contributed by atoms with Crippen LogP contribution in [0.2, 0.25) is 0 Å². The average Bonchev–Trinajstić information content (AvgIpc) is 2.41. The number of hydrogen-bond donors (Lipinski definition) is 2. The van der Waals surface area contributed by atoms with Crippen molar-refractivity contribution in [1.29, 1.82) is 0 Å². The van der Waals surface area contributed by atoms with Gasteiger partial charge in [-0.15, -0.1) is 0 Å². The molecule has 1 aliphatic rings. The maximum absolute atomic E-state index is 11.5. The minimum Gasteiger partial charge on any atom is -0.398 e. The number of nitrogen functional groups attached to an aromatic ring is 1. The van der Waals surface area contributed by atoms with E-state index < -0.39 is 0 Å². The van der Waals surface area contributed by atoms with Gasteiger partial charge in [-0.3, -0.25) is 4.79 Å². The first kappa shape index (κ1) is 14.3. The van der Waals surface area contributed by atoms with E-state index in [-0.39, 0.29) is 5.78 Å². The third-order valence-electron chi connectivity index (χ3n) is 3.76. The van der Waals surface area contributed by atoms with E-state index in [2.05, 4.69) is 11.6 Å². The van der Waals surface area contributed by atoms with E-state index in [0.29, 0.717) is 17.3 Å². The summed E-state index contributed by atoms with van der Waals surface area (Å²) in [5.74, 6) is 0.0202. The van der Waals surface area contributed by atoms with Crippen LogP contribution in [0.15, 0.2) is 18.2 Å². The Morgan fingerprint density at radius 2 is 2.21 bits per heavy atom. The molecule has 0 aliphatic heterocycles. The minimum atomic E-state index is 0.0202. The van der Waals surface area contributed by atoms with Crippen molar-refractivity contribution in [1.82, 2.24) is 0 Å². The van der Waals surface area contributed by atoms with Crippen LogP contribution in [-0.2, 0) is 0 Å². The number of nitrogens with one attached hydrogen (secondary N) is 1. The maximum atomic E-state index is 11.5. The van der Waals surface area contributed by atoms with Gasteiger partial charge in [0.25, 0.3) is 0 Å². The van der Waals surface area contributed by atoms with Crippen LogP contribution in [0, 0.1) is 0 Å². The van der Waals surface area contributed by atoms with Crippen LogP contribution in [0.25, 0.3) is 0 Å². The predicted molar refractivity (Wildman–Crippen MR) is 84.0 cm³/mol. The van der Waals surface area contributed by atoms with Crippen LogP contribution in [0.3, 0.4) is 0 Å². The molecule has 0 spiro atoms. The molecule has 1 aromatic carbocycles. The number of nitrogens with two attached hydrogens (primary N) is 1. The third-order valence-corrected chi connectivity index (χ3v) is 4.86. The highest BCUT2D eigenvalue weighted by atomic mass is 32.2. The summed E-state index contributed by atoms with van der Waals surface area (Å²) in [4.78, 5) is 11.5. The van der Waals surface area contributed by atoms with Crippen molar-refractivity contribution in [2.75, 3.05) is 17.3 Å². The van der Waals surface area contributed by atoms with Gasteiger partial charge in [-0.25, -0.2) is 0 Å². The molecule has 0 radical (unpaired) electrons. The van der Waals surface area contributed by atoms with E-state index in [1.807, 2.05) is 30.0 Å². The summed E-state index contributed by atoms with van der Waals surface area (Å²) in [6, 6.07) is 6.16. The molecule has 2 unspecified atom stereocenters. The Balaban J connectivity index is 2.06. The lowest BCUT2D eigenvalue weighted by molar-refractivity contribution is 0.101. The van der Waals surface area contributed by atoms with Gasteiger partial charge in [0.05, 0.1) is 0 Å².